The molecule has 154 valence electrons. The van der Waals surface area contributed by atoms with Crippen molar-refractivity contribution < 1.29 is 9.59 Å². The van der Waals surface area contributed by atoms with Gasteiger partial charge in [-0.1, -0.05) is 59.6 Å². The van der Waals surface area contributed by atoms with Crippen molar-refractivity contribution in [2.24, 2.45) is 10.8 Å². The van der Waals surface area contributed by atoms with Crippen molar-refractivity contribution in [1.82, 2.24) is 25.6 Å². The molecule has 0 bridgehead atoms. The molecule has 0 saturated carbocycles. The zero-order valence-corrected chi connectivity index (χ0v) is 17.9. The van der Waals surface area contributed by atoms with Gasteiger partial charge in [-0.3, -0.25) is 9.59 Å². The summed E-state index contributed by atoms with van der Waals surface area (Å²) in [7, 11) is 0. The van der Waals surface area contributed by atoms with Crippen molar-refractivity contribution in [2.45, 2.75) is 86.7 Å². The van der Waals surface area contributed by atoms with Crippen LogP contribution in [0.1, 0.15) is 79.3 Å². The molecule has 2 N–H and O–H groups in total. The number of nitrogens with zero attached hydrogens (tertiary/aromatic N) is 3. The van der Waals surface area contributed by atoms with Gasteiger partial charge >= 0.3 is 0 Å². The van der Waals surface area contributed by atoms with Gasteiger partial charge in [0.05, 0.1) is 12.7 Å². The molecule has 0 atom stereocenters. The second-order valence-corrected chi connectivity index (χ2v) is 9.64. The van der Waals surface area contributed by atoms with E-state index in [0.29, 0.717) is 30.6 Å². The van der Waals surface area contributed by atoms with E-state index in [4.69, 9.17) is 0 Å². The Morgan fingerprint density at radius 2 is 1.67 bits per heavy atom. The predicted octanol–water partition coefficient (Wildman–Crippen LogP) is 3.05. The molecule has 1 aromatic rings. The number of rotatable bonds is 10. The van der Waals surface area contributed by atoms with E-state index < -0.39 is 0 Å². The van der Waals surface area contributed by atoms with Gasteiger partial charge in [0.15, 0.2) is 0 Å². The SMILES string of the molecule is CC(C)(C)CCCCCC(=O)NCc1cn(CC(=O)NCC(C)(C)C)nn1. The molecule has 0 aliphatic heterocycles. The lowest BCUT2D eigenvalue weighted by Crippen LogP contribution is -2.34. The molecule has 1 rings (SSSR count). The quantitative estimate of drug-likeness (QED) is 0.612. The average molecular weight is 380 g/mol. The van der Waals surface area contributed by atoms with Gasteiger partial charge in [-0.2, -0.15) is 0 Å². The lowest BCUT2D eigenvalue weighted by atomic mass is 9.89. The third kappa shape index (κ3) is 12.2. The minimum atomic E-state index is -0.0966. The molecule has 0 saturated heterocycles. The van der Waals surface area contributed by atoms with Crippen LogP contribution < -0.4 is 10.6 Å². The van der Waals surface area contributed by atoms with Crippen LogP contribution >= 0.6 is 0 Å². The van der Waals surface area contributed by atoms with Crippen molar-refractivity contribution in [2.75, 3.05) is 6.54 Å². The van der Waals surface area contributed by atoms with Crippen LogP contribution in [0.5, 0.6) is 0 Å². The summed E-state index contributed by atoms with van der Waals surface area (Å²) in [4.78, 5) is 23.8. The van der Waals surface area contributed by atoms with E-state index in [2.05, 4.69) is 62.5 Å². The van der Waals surface area contributed by atoms with Crippen molar-refractivity contribution in [3.05, 3.63) is 11.9 Å². The average Bonchev–Trinajstić information content (AvgIpc) is 2.96. The fraction of sp³-hybridized carbons (Fsp3) is 0.800. The van der Waals surface area contributed by atoms with Crippen LogP contribution in [-0.2, 0) is 22.7 Å². The second kappa shape index (κ2) is 10.4. The zero-order chi connectivity index (χ0) is 20.5. The van der Waals surface area contributed by atoms with Crippen molar-refractivity contribution >= 4 is 11.8 Å². The molecule has 0 radical (unpaired) electrons. The van der Waals surface area contributed by atoms with Gasteiger partial charge in [0, 0.05) is 13.0 Å². The number of carbonyl (C=O) groups is 2. The van der Waals surface area contributed by atoms with E-state index in [1.807, 2.05) is 0 Å². The summed E-state index contributed by atoms with van der Waals surface area (Å²) in [5.41, 5.74) is 1.05. The number of aromatic nitrogens is 3. The molecule has 0 fully saturated rings. The Kier molecular flexibility index (Phi) is 8.93. The van der Waals surface area contributed by atoms with Crippen molar-refractivity contribution in [3.63, 3.8) is 0 Å². The molecule has 0 spiro atoms. The van der Waals surface area contributed by atoms with E-state index in [-0.39, 0.29) is 23.8 Å². The predicted molar refractivity (Wildman–Crippen MR) is 107 cm³/mol. The van der Waals surface area contributed by atoms with Gasteiger partial charge in [-0.15, -0.1) is 5.10 Å². The molecule has 1 heterocycles. The fourth-order valence-corrected chi connectivity index (χ4v) is 2.46. The van der Waals surface area contributed by atoms with Gasteiger partial charge in [-0.25, -0.2) is 4.68 Å². The molecule has 1 aromatic heterocycles. The Labute approximate surface area is 163 Å². The standard InChI is InChI=1S/C20H37N5O2/c1-19(2,3)11-9-7-8-10-17(26)21-12-16-13-25(24-23-16)14-18(27)22-15-20(4,5)6/h13H,7-12,14-15H2,1-6H3,(H,21,26)(H,22,27). The topological polar surface area (TPSA) is 88.9 Å². The molecule has 0 aliphatic rings. The normalized spacial score (nSPS) is 12.1. The highest BCUT2D eigenvalue weighted by molar-refractivity contribution is 5.76. The Balaban J connectivity index is 2.22. The van der Waals surface area contributed by atoms with Crippen LogP contribution in [0.4, 0.5) is 0 Å². The first kappa shape index (κ1) is 23.1. The van der Waals surface area contributed by atoms with Crippen molar-refractivity contribution in [1.29, 1.82) is 0 Å². The number of amides is 2. The first-order valence-corrected chi connectivity index (χ1v) is 9.87. The maximum atomic E-state index is 11.9. The zero-order valence-electron chi connectivity index (χ0n) is 17.9. The lowest BCUT2D eigenvalue weighted by Gasteiger charge is -2.18. The van der Waals surface area contributed by atoms with Crippen LogP contribution in [0.15, 0.2) is 6.20 Å². The van der Waals surface area contributed by atoms with Crippen LogP contribution in [0.25, 0.3) is 0 Å². The molecule has 7 heteroatoms. The number of hydrogen-bond acceptors (Lipinski definition) is 4. The molecule has 0 aromatic carbocycles. The number of unbranched alkanes of at least 4 members (excludes halogenated alkanes) is 2. The Hall–Kier alpha value is -1.92. The highest BCUT2D eigenvalue weighted by Gasteiger charge is 2.13. The fourth-order valence-electron chi connectivity index (χ4n) is 2.46. The third-order valence-corrected chi connectivity index (χ3v) is 4.00. The van der Waals surface area contributed by atoms with Crippen LogP contribution in [0.3, 0.4) is 0 Å². The van der Waals surface area contributed by atoms with Crippen molar-refractivity contribution in [3.8, 4) is 0 Å². The summed E-state index contributed by atoms with van der Waals surface area (Å²) in [6.45, 7) is 14.0. The summed E-state index contributed by atoms with van der Waals surface area (Å²) in [6, 6.07) is 0. The van der Waals surface area contributed by atoms with E-state index >= 15 is 0 Å². The minimum absolute atomic E-state index is 0.0308. The first-order valence-electron chi connectivity index (χ1n) is 9.87. The summed E-state index contributed by atoms with van der Waals surface area (Å²) in [6.07, 6.45) is 6.55. The summed E-state index contributed by atoms with van der Waals surface area (Å²) < 4.78 is 1.49. The van der Waals surface area contributed by atoms with Gasteiger partial charge < -0.3 is 10.6 Å². The Morgan fingerprint density at radius 3 is 2.30 bits per heavy atom. The number of hydrogen-bond donors (Lipinski definition) is 2. The molecule has 27 heavy (non-hydrogen) atoms. The van der Waals surface area contributed by atoms with E-state index in [0.717, 1.165) is 19.3 Å². The van der Waals surface area contributed by atoms with Crippen LogP contribution in [0.2, 0.25) is 0 Å². The van der Waals surface area contributed by atoms with E-state index in [1.54, 1.807) is 6.20 Å². The highest BCUT2D eigenvalue weighted by Crippen LogP contribution is 2.22. The molecule has 7 nitrogen and oxygen atoms in total. The number of carbonyl (C=O) groups excluding carboxylic acids is 2. The van der Waals surface area contributed by atoms with Crippen LogP contribution in [-0.4, -0.2) is 33.4 Å². The minimum Gasteiger partial charge on any atom is -0.354 e. The lowest BCUT2D eigenvalue weighted by molar-refractivity contribution is -0.122. The summed E-state index contributed by atoms with van der Waals surface area (Å²) in [5, 5.41) is 13.7. The van der Waals surface area contributed by atoms with Gasteiger partial charge in [0.25, 0.3) is 0 Å². The van der Waals surface area contributed by atoms with E-state index in [9.17, 15) is 9.59 Å². The van der Waals surface area contributed by atoms with Gasteiger partial charge in [0.2, 0.25) is 11.8 Å². The second-order valence-electron chi connectivity index (χ2n) is 9.64. The maximum Gasteiger partial charge on any atom is 0.241 e. The molecule has 0 unspecified atom stereocenters. The van der Waals surface area contributed by atoms with Gasteiger partial charge in [-0.05, 0) is 23.7 Å². The van der Waals surface area contributed by atoms with Gasteiger partial charge in [0.1, 0.15) is 12.2 Å². The summed E-state index contributed by atoms with van der Waals surface area (Å²) >= 11 is 0. The molecular weight excluding hydrogens is 342 g/mol. The third-order valence-electron chi connectivity index (χ3n) is 4.00. The smallest absolute Gasteiger partial charge is 0.241 e. The molecular formula is C20H37N5O2. The Bertz CT molecular complexity index is 596. The van der Waals surface area contributed by atoms with Crippen LogP contribution in [0, 0.1) is 10.8 Å². The molecule has 0 aliphatic carbocycles. The first-order chi connectivity index (χ1) is 12.4. The Morgan fingerprint density at radius 1 is 0.963 bits per heavy atom. The maximum absolute atomic E-state index is 11.9. The largest absolute Gasteiger partial charge is 0.354 e. The number of nitrogens with one attached hydrogen (secondary N) is 2. The molecule has 2 amide bonds. The summed E-state index contributed by atoms with van der Waals surface area (Å²) in [5.74, 6) is -0.0658. The monoisotopic (exact) mass is 379 g/mol. The highest BCUT2D eigenvalue weighted by atomic mass is 16.2. The van der Waals surface area contributed by atoms with E-state index in [1.165, 1.54) is 11.1 Å².